The Morgan fingerprint density at radius 1 is 1.20 bits per heavy atom. The summed E-state index contributed by atoms with van der Waals surface area (Å²) in [5, 5.41) is 18.0. The number of thioether (sulfide) groups is 1. The molecule has 1 heterocycles. The van der Waals surface area contributed by atoms with Crippen LogP contribution in [0.15, 0.2) is 53.7 Å². The molecule has 0 spiro atoms. The van der Waals surface area contributed by atoms with Crippen molar-refractivity contribution < 1.29 is 14.6 Å². The minimum Gasteiger partial charge on any atom is -0.497 e. The summed E-state index contributed by atoms with van der Waals surface area (Å²) in [5.74, 6) is 0.439. The van der Waals surface area contributed by atoms with Gasteiger partial charge in [-0.2, -0.15) is 0 Å². The lowest BCUT2D eigenvalue weighted by Crippen LogP contribution is -2.03. The molecule has 0 saturated heterocycles. The van der Waals surface area contributed by atoms with Crippen molar-refractivity contribution in [3.05, 3.63) is 54.1 Å². The minimum absolute atomic E-state index is 0.0768. The average Bonchev–Trinajstić information content (AvgIpc) is 3.04. The highest BCUT2D eigenvalue weighted by Crippen LogP contribution is 2.29. The fourth-order valence-corrected chi connectivity index (χ4v) is 3.09. The number of carboxylic acid groups (broad SMARTS) is 1. The first-order valence-corrected chi connectivity index (χ1v) is 8.58. The number of carbonyl (C=O) groups is 1. The molecule has 0 bridgehead atoms. The summed E-state index contributed by atoms with van der Waals surface area (Å²) in [6.07, 6.45) is 0. The van der Waals surface area contributed by atoms with E-state index in [9.17, 15) is 4.79 Å². The molecular weight excluding hydrogens is 338 g/mol. The predicted octanol–water partition coefficient (Wildman–Crippen LogP) is 3.43. The van der Waals surface area contributed by atoms with Gasteiger partial charge in [0.15, 0.2) is 11.0 Å². The molecule has 0 aliphatic rings. The number of aliphatic carboxylic acids is 1. The Kier molecular flexibility index (Phi) is 5.04. The van der Waals surface area contributed by atoms with Crippen molar-refractivity contribution in [2.45, 2.75) is 12.1 Å². The van der Waals surface area contributed by atoms with Crippen molar-refractivity contribution in [1.82, 2.24) is 14.8 Å². The first-order chi connectivity index (χ1) is 12.1. The molecule has 0 aliphatic heterocycles. The fourth-order valence-electron chi connectivity index (χ4n) is 2.42. The molecular formula is C18H17N3O3S. The summed E-state index contributed by atoms with van der Waals surface area (Å²) in [7, 11) is 1.62. The number of benzene rings is 2. The smallest absolute Gasteiger partial charge is 0.313 e. The van der Waals surface area contributed by atoms with Crippen molar-refractivity contribution in [3.63, 3.8) is 0 Å². The Bertz CT molecular complexity index is 891. The Morgan fingerprint density at radius 3 is 2.60 bits per heavy atom. The van der Waals surface area contributed by atoms with Crippen LogP contribution >= 0.6 is 11.8 Å². The highest BCUT2D eigenvalue weighted by atomic mass is 32.2. The molecule has 1 aromatic heterocycles. The maximum atomic E-state index is 10.9. The topological polar surface area (TPSA) is 77.2 Å². The second-order valence-corrected chi connectivity index (χ2v) is 6.33. The number of ether oxygens (including phenoxy) is 1. The van der Waals surface area contributed by atoms with Gasteiger partial charge in [-0.15, -0.1) is 10.2 Å². The molecule has 3 rings (SSSR count). The zero-order valence-electron chi connectivity index (χ0n) is 13.8. The van der Waals surface area contributed by atoms with Gasteiger partial charge in [0.25, 0.3) is 0 Å². The number of hydrogen-bond acceptors (Lipinski definition) is 5. The second kappa shape index (κ2) is 7.40. The average molecular weight is 355 g/mol. The maximum Gasteiger partial charge on any atom is 0.313 e. The van der Waals surface area contributed by atoms with E-state index in [1.165, 1.54) is 0 Å². The Labute approximate surface area is 149 Å². The lowest BCUT2D eigenvalue weighted by atomic mass is 10.2. The third-order valence-electron chi connectivity index (χ3n) is 3.57. The number of aromatic nitrogens is 3. The number of aryl methyl sites for hydroxylation is 1. The summed E-state index contributed by atoms with van der Waals surface area (Å²) in [5.41, 5.74) is 2.86. The van der Waals surface area contributed by atoms with Gasteiger partial charge in [0.05, 0.1) is 12.9 Å². The minimum atomic E-state index is -0.894. The van der Waals surface area contributed by atoms with Crippen LogP contribution in [0.5, 0.6) is 5.75 Å². The van der Waals surface area contributed by atoms with Gasteiger partial charge < -0.3 is 9.84 Å². The van der Waals surface area contributed by atoms with Crippen LogP contribution in [-0.4, -0.2) is 38.7 Å². The summed E-state index contributed by atoms with van der Waals surface area (Å²) in [6.45, 7) is 2.00. The molecule has 1 N–H and O–H groups in total. The number of nitrogens with zero attached hydrogens (tertiary/aromatic N) is 3. The summed E-state index contributed by atoms with van der Waals surface area (Å²) < 4.78 is 7.07. The van der Waals surface area contributed by atoms with Crippen LogP contribution in [0.4, 0.5) is 0 Å². The molecule has 0 saturated carbocycles. The van der Waals surface area contributed by atoms with Crippen LogP contribution in [0.25, 0.3) is 17.1 Å². The van der Waals surface area contributed by atoms with Gasteiger partial charge in [-0.3, -0.25) is 9.36 Å². The van der Waals surface area contributed by atoms with E-state index >= 15 is 0 Å². The predicted molar refractivity (Wildman–Crippen MR) is 96.4 cm³/mol. The first kappa shape index (κ1) is 17.0. The van der Waals surface area contributed by atoms with Crippen LogP contribution in [0.1, 0.15) is 5.56 Å². The van der Waals surface area contributed by atoms with Gasteiger partial charge in [-0.1, -0.05) is 23.9 Å². The molecule has 0 radical (unpaired) electrons. The molecule has 3 aromatic rings. The quantitative estimate of drug-likeness (QED) is 0.683. The van der Waals surface area contributed by atoms with Gasteiger partial charge in [0.2, 0.25) is 0 Å². The normalized spacial score (nSPS) is 10.6. The van der Waals surface area contributed by atoms with Crippen LogP contribution in [0.2, 0.25) is 0 Å². The monoisotopic (exact) mass is 355 g/mol. The number of rotatable bonds is 6. The molecule has 128 valence electrons. The summed E-state index contributed by atoms with van der Waals surface area (Å²) in [4.78, 5) is 10.9. The van der Waals surface area contributed by atoms with Gasteiger partial charge in [0, 0.05) is 11.3 Å². The van der Waals surface area contributed by atoms with Crippen LogP contribution in [0, 0.1) is 6.92 Å². The zero-order valence-corrected chi connectivity index (χ0v) is 14.7. The van der Waals surface area contributed by atoms with E-state index in [-0.39, 0.29) is 5.75 Å². The number of hydrogen-bond donors (Lipinski definition) is 1. The molecule has 0 aliphatic carbocycles. The third-order valence-corrected chi connectivity index (χ3v) is 4.48. The van der Waals surface area contributed by atoms with E-state index in [2.05, 4.69) is 10.2 Å². The Morgan fingerprint density at radius 2 is 1.96 bits per heavy atom. The van der Waals surface area contributed by atoms with E-state index < -0.39 is 5.97 Å². The molecule has 6 nitrogen and oxygen atoms in total. The van der Waals surface area contributed by atoms with Crippen LogP contribution in [-0.2, 0) is 4.79 Å². The Balaban J connectivity index is 2.09. The van der Waals surface area contributed by atoms with E-state index in [1.54, 1.807) is 7.11 Å². The van der Waals surface area contributed by atoms with Gasteiger partial charge >= 0.3 is 5.97 Å². The molecule has 0 fully saturated rings. The van der Waals surface area contributed by atoms with Crippen LogP contribution < -0.4 is 4.74 Å². The molecule has 0 atom stereocenters. The highest BCUT2D eigenvalue weighted by Gasteiger charge is 2.17. The van der Waals surface area contributed by atoms with Crippen molar-refractivity contribution in [3.8, 4) is 22.8 Å². The molecule has 25 heavy (non-hydrogen) atoms. The molecule has 0 unspecified atom stereocenters. The van der Waals surface area contributed by atoms with Crippen molar-refractivity contribution >= 4 is 17.7 Å². The van der Waals surface area contributed by atoms with Crippen molar-refractivity contribution in [1.29, 1.82) is 0 Å². The van der Waals surface area contributed by atoms with Gasteiger partial charge in [-0.05, 0) is 48.9 Å². The summed E-state index contributed by atoms with van der Waals surface area (Å²) >= 11 is 1.14. The lowest BCUT2D eigenvalue weighted by Gasteiger charge is -2.11. The molecule has 7 heteroatoms. The van der Waals surface area contributed by atoms with Crippen molar-refractivity contribution in [2.75, 3.05) is 12.9 Å². The Hall–Kier alpha value is -2.80. The van der Waals surface area contributed by atoms with Gasteiger partial charge in [-0.25, -0.2) is 0 Å². The first-order valence-electron chi connectivity index (χ1n) is 7.60. The highest BCUT2D eigenvalue weighted by molar-refractivity contribution is 7.99. The largest absolute Gasteiger partial charge is 0.497 e. The van der Waals surface area contributed by atoms with E-state index in [1.807, 2.05) is 60.0 Å². The van der Waals surface area contributed by atoms with E-state index in [4.69, 9.17) is 9.84 Å². The molecule has 2 aromatic carbocycles. The zero-order chi connectivity index (χ0) is 17.8. The van der Waals surface area contributed by atoms with Crippen LogP contribution in [0.3, 0.4) is 0 Å². The SMILES string of the molecule is COc1ccc(-c2nnc(SCC(=O)O)n2-c2cccc(C)c2)cc1. The third kappa shape index (κ3) is 3.83. The second-order valence-electron chi connectivity index (χ2n) is 5.39. The van der Waals surface area contributed by atoms with E-state index in [0.717, 1.165) is 34.3 Å². The number of methoxy groups -OCH3 is 1. The summed E-state index contributed by atoms with van der Waals surface area (Å²) in [6, 6.07) is 15.4. The van der Waals surface area contributed by atoms with Crippen molar-refractivity contribution in [2.24, 2.45) is 0 Å². The van der Waals surface area contributed by atoms with E-state index in [0.29, 0.717) is 11.0 Å². The number of carboxylic acids is 1. The molecule has 0 amide bonds. The maximum absolute atomic E-state index is 10.9. The van der Waals surface area contributed by atoms with Gasteiger partial charge in [0.1, 0.15) is 5.75 Å². The fraction of sp³-hybridized carbons (Fsp3) is 0.167. The lowest BCUT2D eigenvalue weighted by molar-refractivity contribution is -0.133. The standard InChI is InChI=1S/C18H17N3O3S/c1-12-4-3-5-14(10-12)21-17(13-6-8-15(24-2)9-7-13)19-20-18(21)25-11-16(22)23/h3-10H,11H2,1-2H3,(H,22,23).